The average Bonchev–Trinajstić information content (AvgIpc) is 2.38. The van der Waals surface area contributed by atoms with Crippen LogP contribution in [0.3, 0.4) is 0 Å². The summed E-state index contributed by atoms with van der Waals surface area (Å²) >= 11 is 0. The number of nitriles is 1. The first-order valence-corrected chi connectivity index (χ1v) is 7.05. The number of pyridine rings is 1. The summed E-state index contributed by atoms with van der Waals surface area (Å²) in [6.45, 7) is 1.69. The van der Waals surface area contributed by atoms with E-state index in [4.69, 9.17) is 5.26 Å². The molecule has 0 fully saturated rings. The molecule has 0 aliphatic heterocycles. The van der Waals surface area contributed by atoms with Gasteiger partial charge in [-0.1, -0.05) is 12.1 Å². The Hall–Kier alpha value is -2.46. The predicted molar refractivity (Wildman–Crippen MR) is 70.9 cm³/mol. The summed E-state index contributed by atoms with van der Waals surface area (Å²) in [5.41, 5.74) is 1.02. The standard InChI is InChI=1S/C13H10FN3O2S/c1-9-3-2-4-13(12(9)6-15)17-20(18,19)11-5-10(14)7-16-8-11/h2-5,7-8,17H,1H3. The van der Waals surface area contributed by atoms with Crippen LogP contribution < -0.4 is 4.72 Å². The minimum Gasteiger partial charge on any atom is -0.278 e. The summed E-state index contributed by atoms with van der Waals surface area (Å²) in [4.78, 5) is 3.19. The van der Waals surface area contributed by atoms with E-state index in [0.29, 0.717) is 5.56 Å². The Balaban J connectivity index is 2.45. The van der Waals surface area contributed by atoms with Crippen LogP contribution in [0.1, 0.15) is 11.1 Å². The molecule has 0 radical (unpaired) electrons. The van der Waals surface area contributed by atoms with Gasteiger partial charge >= 0.3 is 0 Å². The first-order valence-electron chi connectivity index (χ1n) is 5.57. The fourth-order valence-corrected chi connectivity index (χ4v) is 2.69. The lowest BCUT2D eigenvalue weighted by molar-refractivity contribution is 0.592. The Labute approximate surface area is 115 Å². The molecule has 1 aromatic heterocycles. The summed E-state index contributed by atoms with van der Waals surface area (Å²) in [6, 6.07) is 7.58. The lowest BCUT2D eigenvalue weighted by Crippen LogP contribution is -2.14. The number of nitrogens with zero attached hydrogens (tertiary/aromatic N) is 2. The molecule has 7 heteroatoms. The summed E-state index contributed by atoms with van der Waals surface area (Å²) < 4.78 is 39.5. The molecule has 0 spiro atoms. The molecule has 0 saturated heterocycles. The van der Waals surface area contributed by atoms with Crippen molar-refractivity contribution < 1.29 is 12.8 Å². The molecule has 0 atom stereocenters. The SMILES string of the molecule is Cc1cccc(NS(=O)(=O)c2cncc(F)c2)c1C#N. The van der Waals surface area contributed by atoms with Gasteiger partial charge in [0, 0.05) is 6.20 Å². The predicted octanol–water partition coefficient (Wildman–Crippen LogP) is 2.20. The highest BCUT2D eigenvalue weighted by Crippen LogP contribution is 2.22. The number of sulfonamides is 1. The third kappa shape index (κ3) is 2.75. The van der Waals surface area contributed by atoms with E-state index < -0.39 is 15.8 Å². The van der Waals surface area contributed by atoms with E-state index >= 15 is 0 Å². The van der Waals surface area contributed by atoms with Crippen LogP contribution in [0.25, 0.3) is 0 Å². The maximum absolute atomic E-state index is 13.0. The summed E-state index contributed by atoms with van der Waals surface area (Å²) in [7, 11) is -3.99. The van der Waals surface area contributed by atoms with Gasteiger partial charge in [-0.3, -0.25) is 9.71 Å². The van der Waals surface area contributed by atoms with Crippen molar-refractivity contribution in [2.45, 2.75) is 11.8 Å². The van der Waals surface area contributed by atoms with Crippen molar-refractivity contribution >= 4 is 15.7 Å². The Morgan fingerprint density at radius 1 is 1.35 bits per heavy atom. The monoisotopic (exact) mass is 291 g/mol. The highest BCUT2D eigenvalue weighted by Gasteiger charge is 2.17. The van der Waals surface area contributed by atoms with Gasteiger partial charge in [0.1, 0.15) is 16.8 Å². The molecule has 5 nitrogen and oxygen atoms in total. The number of rotatable bonds is 3. The second kappa shape index (κ2) is 5.27. The molecule has 20 heavy (non-hydrogen) atoms. The number of halogens is 1. The van der Waals surface area contributed by atoms with Crippen molar-refractivity contribution in [3.05, 3.63) is 53.6 Å². The molecular formula is C13H10FN3O2S. The van der Waals surface area contributed by atoms with Crippen molar-refractivity contribution in [2.24, 2.45) is 0 Å². The van der Waals surface area contributed by atoms with E-state index in [0.717, 1.165) is 18.5 Å². The Bertz CT molecular complexity index is 798. The zero-order chi connectivity index (χ0) is 14.8. The number of aryl methyl sites for hydroxylation is 1. The largest absolute Gasteiger partial charge is 0.278 e. The van der Waals surface area contributed by atoms with Gasteiger partial charge in [-0.15, -0.1) is 0 Å². The molecule has 102 valence electrons. The van der Waals surface area contributed by atoms with E-state index in [1.165, 1.54) is 6.07 Å². The number of aromatic nitrogens is 1. The molecule has 0 unspecified atom stereocenters. The lowest BCUT2D eigenvalue weighted by atomic mass is 10.1. The summed E-state index contributed by atoms with van der Waals surface area (Å²) in [5.74, 6) is -0.752. The lowest BCUT2D eigenvalue weighted by Gasteiger charge is -2.10. The second-order valence-corrected chi connectivity index (χ2v) is 5.74. The number of hydrogen-bond donors (Lipinski definition) is 1. The molecule has 0 amide bonds. The molecule has 0 aliphatic carbocycles. The van der Waals surface area contributed by atoms with Gasteiger partial charge in [0.05, 0.1) is 17.4 Å². The molecule has 1 heterocycles. The van der Waals surface area contributed by atoms with Crippen LogP contribution in [0, 0.1) is 24.1 Å². The van der Waals surface area contributed by atoms with E-state index in [2.05, 4.69) is 9.71 Å². The normalized spacial score (nSPS) is 10.8. The molecule has 2 rings (SSSR count). The van der Waals surface area contributed by atoms with Crippen molar-refractivity contribution in [3.8, 4) is 6.07 Å². The van der Waals surface area contributed by atoms with E-state index in [1.807, 2.05) is 6.07 Å². The maximum Gasteiger partial charge on any atom is 0.263 e. The van der Waals surface area contributed by atoms with Crippen LogP contribution in [-0.4, -0.2) is 13.4 Å². The average molecular weight is 291 g/mol. The molecule has 0 bridgehead atoms. The van der Waals surface area contributed by atoms with Gasteiger partial charge in [0.2, 0.25) is 0 Å². The molecule has 0 aliphatic rings. The molecule has 2 aromatic rings. The summed E-state index contributed by atoms with van der Waals surface area (Å²) in [6.07, 6.45) is 1.94. The van der Waals surface area contributed by atoms with Gasteiger partial charge in [-0.2, -0.15) is 5.26 Å². The van der Waals surface area contributed by atoms with E-state index in [1.54, 1.807) is 19.1 Å². The van der Waals surface area contributed by atoms with Crippen LogP contribution in [-0.2, 0) is 10.0 Å². The van der Waals surface area contributed by atoms with Crippen LogP contribution in [0.4, 0.5) is 10.1 Å². The summed E-state index contributed by atoms with van der Waals surface area (Å²) in [5, 5.41) is 9.05. The zero-order valence-corrected chi connectivity index (χ0v) is 11.3. The maximum atomic E-state index is 13.0. The molecule has 1 aromatic carbocycles. The minimum absolute atomic E-state index is 0.150. The highest BCUT2D eigenvalue weighted by atomic mass is 32.2. The number of anilines is 1. The Morgan fingerprint density at radius 3 is 2.75 bits per heavy atom. The van der Waals surface area contributed by atoms with Gasteiger partial charge < -0.3 is 0 Å². The topological polar surface area (TPSA) is 82.8 Å². The molecule has 1 N–H and O–H groups in total. The Kier molecular flexibility index (Phi) is 3.68. The number of benzene rings is 1. The molecular weight excluding hydrogens is 281 g/mol. The first-order chi connectivity index (χ1) is 9.44. The van der Waals surface area contributed by atoms with Crippen molar-refractivity contribution in [3.63, 3.8) is 0 Å². The highest BCUT2D eigenvalue weighted by molar-refractivity contribution is 7.92. The van der Waals surface area contributed by atoms with E-state index in [9.17, 15) is 12.8 Å². The first kappa shape index (κ1) is 14.0. The van der Waals surface area contributed by atoms with Gasteiger partial charge in [0.25, 0.3) is 10.0 Å². The third-order valence-corrected chi connectivity index (χ3v) is 3.95. The van der Waals surface area contributed by atoms with Crippen molar-refractivity contribution in [1.82, 2.24) is 4.98 Å². The number of hydrogen-bond acceptors (Lipinski definition) is 4. The molecule has 0 saturated carbocycles. The second-order valence-electron chi connectivity index (χ2n) is 4.05. The van der Waals surface area contributed by atoms with Gasteiger partial charge in [-0.05, 0) is 24.6 Å². The number of nitrogens with one attached hydrogen (secondary N) is 1. The van der Waals surface area contributed by atoms with Crippen LogP contribution in [0.5, 0.6) is 0 Å². The van der Waals surface area contributed by atoms with Crippen molar-refractivity contribution in [2.75, 3.05) is 4.72 Å². The van der Waals surface area contributed by atoms with Crippen molar-refractivity contribution in [1.29, 1.82) is 5.26 Å². The fraction of sp³-hybridized carbons (Fsp3) is 0.0769. The Morgan fingerprint density at radius 2 is 2.10 bits per heavy atom. The minimum atomic E-state index is -3.99. The quantitative estimate of drug-likeness (QED) is 0.939. The van der Waals surface area contributed by atoms with Gasteiger partial charge in [0.15, 0.2) is 0 Å². The zero-order valence-electron chi connectivity index (χ0n) is 10.5. The van der Waals surface area contributed by atoms with E-state index in [-0.39, 0.29) is 16.1 Å². The smallest absolute Gasteiger partial charge is 0.263 e. The van der Waals surface area contributed by atoms with Gasteiger partial charge in [-0.25, -0.2) is 12.8 Å². The third-order valence-electron chi connectivity index (χ3n) is 2.62. The van der Waals surface area contributed by atoms with Crippen LogP contribution in [0.2, 0.25) is 0 Å². The van der Waals surface area contributed by atoms with Crippen LogP contribution >= 0.6 is 0 Å². The fourth-order valence-electron chi connectivity index (χ4n) is 1.64. The van der Waals surface area contributed by atoms with Crippen LogP contribution in [0.15, 0.2) is 41.6 Å².